The van der Waals surface area contributed by atoms with E-state index in [2.05, 4.69) is 5.32 Å². The number of esters is 1. The molecule has 2 aromatic rings. The molecule has 1 N–H and O–H groups in total. The van der Waals surface area contributed by atoms with Crippen molar-refractivity contribution in [2.24, 2.45) is 5.92 Å². The van der Waals surface area contributed by atoms with Crippen molar-refractivity contribution < 1.29 is 19.1 Å². The van der Waals surface area contributed by atoms with Crippen LogP contribution in [0.1, 0.15) is 30.5 Å². The summed E-state index contributed by atoms with van der Waals surface area (Å²) >= 11 is 6.14. The number of benzene rings is 2. The zero-order valence-corrected chi connectivity index (χ0v) is 17.1. The Morgan fingerprint density at radius 2 is 1.93 bits per heavy atom. The lowest BCUT2D eigenvalue weighted by molar-refractivity contribution is -0.152. The molecule has 0 aliphatic carbocycles. The van der Waals surface area contributed by atoms with Gasteiger partial charge in [0, 0.05) is 23.7 Å². The van der Waals surface area contributed by atoms with Gasteiger partial charge in [0.2, 0.25) is 5.91 Å². The van der Waals surface area contributed by atoms with Gasteiger partial charge < -0.3 is 15.0 Å². The maximum atomic E-state index is 12.4. The zero-order valence-electron chi connectivity index (χ0n) is 16.4. The minimum atomic E-state index is -0.611. The van der Waals surface area contributed by atoms with Crippen LogP contribution in [0.15, 0.2) is 48.5 Å². The number of hydrogen-bond donors (Lipinski definition) is 1. The van der Waals surface area contributed by atoms with Crippen LogP contribution in [0.3, 0.4) is 0 Å². The van der Waals surface area contributed by atoms with Gasteiger partial charge in [-0.25, -0.2) is 0 Å². The topological polar surface area (TPSA) is 75.7 Å². The molecule has 152 valence electrons. The van der Waals surface area contributed by atoms with E-state index in [0.717, 1.165) is 11.1 Å². The molecule has 0 unspecified atom stereocenters. The molecule has 1 heterocycles. The second kappa shape index (κ2) is 9.09. The number of halogens is 1. The second-order valence-corrected chi connectivity index (χ2v) is 7.50. The van der Waals surface area contributed by atoms with Crippen molar-refractivity contribution in [3.8, 4) is 0 Å². The molecule has 7 heteroatoms. The van der Waals surface area contributed by atoms with Gasteiger partial charge in [0.1, 0.15) is 0 Å². The molecule has 0 bridgehead atoms. The Labute approximate surface area is 174 Å². The number of ether oxygens (including phenoxy) is 1. The number of nitrogens with one attached hydrogen (secondary N) is 1. The van der Waals surface area contributed by atoms with Crippen LogP contribution in [0.25, 0.3) is 0 Å². The molecule has 1 aliphatic heterocycles. The number of carbonyl (C=O) groups is 3. The highest BCUT2D eigenvalue weighted by Gasteiger charge is 2.37. The molecule has 1 saturated heterocycles. The Kier molecular flexibility index (Phi) is 6.54. The van der Waals surface area contributed by atoms with Gasteiger partial charge in [-0.1, -0.05) is 48.0 Å². The first kappa shape index (κ1) is 20.9. The summed E-state index contributed by atoms with van der Waals surface area (Å²) in [5, 5.41) is 3.35. The molecular formula is C22H23ClN2O4. The van der Waals surface area contributed by atoms with Crippen LogP contribution in [-0.2, 0) is 19.1 Å². The standard InChI is InChI=1S/C22H23ClN2O4/c1-14-18(23)9-6-10-19(14)25-12-17(11-21(25)27)22(28)29-13-20(26)24-15(2)16-7-4-3-5-8-16/h3-10,15,17H,11-13H2,1-2H3,(H,24,26)/t15-,17+/m0/s1. The van der Waals surface area contributed by atoms with E-state index in [-0.39, 0.29) is 37.4 Å². The van der Waals surface area contributed by atoms with E-state index in [4.69, 9.17) is 16.3 Å². The summed E-state index contributed by atoms with van der Waals surface area (Å²) in [6.07, 6.45) is 0.0484. The first-order valence-electron chi connectivity index (χ1n) is 9.43. The number of rotatable bonds is 6. The Morgan fingerprint density at radius 3 is 2.66 bits per heavy atom. The number of nitrogens with zero attached hydrogens (tertiary/aromatic N) is 1. The SMILES string of the molecule is Cc1c(Cl)cccc1N1C[C@H](C(=O)OCC(=O)N[C@@H](C)c2ccccc2)CC1=O. The minimum Gasteiger partial charge on any atom is -0.455 e. The summed E-state index contributed by atoms with van der Waals surface area (Å²) in [7, 11) is 0. The van der Waals surface area contributed by atoms with Gasteiger partial charge in [0.15, 0.2) is 6.61 Å². The summed E-state index contributed by atoms with van der Waals surface area (Å²) in [5.41, 5.74) is 2.43. The van der Waals surface area contributed by atoms with Crippen LogP contribution < -0.4 is 10.2 Å². The first-order chi connectivity index (χ1) is 13.9. The number of anilines is 1. The van der Waals surface area contributed by atoms with Crippen LogP contribution in [0.5, 0.6) is 0 Å². The van der Waals surface area contributed by atoms with Crippen molar-refractivity contribution in [3.63, 3.8) is 0 Å². The average Bonchev–Trinajstić information content (AvgIpc) is 3.10. The fraction of sp³-hybridized carbons (Fsp3) is 0.318. The van der Waals surface area contributed by atoms with E-state index in [9.17, 15) is 14.4 Å². The van der Waals surface area contributed by atoms with Gasteiger partial charge in [-0.2, -0.15) is 0 Å². The van der Waals surface area contributed by atoms with E-state index in [1.165, 1.54) is 0 Å². The van der Waals surface area contributed by atoms with Crippen molar-refractivity contribution in [2.45, 2.75) is 26.3 Å². The summed E-state index contributed by atoms with van der Waals surface area (Å²) in [6, 6.07) is 14.6. The molecule has 0 radical (unpaired) electrons. The fourth-order valence-electron chi connectivity index (χ4n) is 3.35. The van der Waals surface area contributed by atoms with Crippen LogP contribution in [0.4, 0.5) is 5.69 Å². The summed E-state index contributed by atoms with van der Waals surface area (Å²) in [4.78, 5) is 38.4. The van der Waals surface area contributed by atoms with Gasteiger partial charge in [0.05, 0.1) is 12.0 Å². The Morgan fingerprint density at radius 1 is 1.21 bits per heavy atom. The molecule has 29 heavy (non-hydrogen) atoms. The van der Waals surface area contributed by atoms with Gasteiger partial charge in [-0.3, -0.25) is 14.4 Å². The van der Waals surface area contributed by atoms with Crippen LogP contribution in [-0.4, -0.2) is 30.9 Å². The Bertz CT molecular complexity index is 916. The molecule has 2 aromatic carbocycles. The van der Waals surface area contributed by atoms with Crippen LogP contribution >= 0.6 is 11.6 Å². The van der Waals surface area contributed by atoms with Crippen molar-refractivity contribution in [1.29, 1.82) is 0 Å². The largest absolute Gasteiger partial charge is 0.455 e. The van der Waals surface area contributed by atoms with Gasteiger partial charge >= 0.3 is 5.97 Å². The second-order valence-electron chi connectivity index (χ2n) is 7.10. The number of amides is 2. The van der Waals surface area contributed by atoms with Crippen LogP contribution in [0.2, 0.25) is 5.02 Å². The third kappa shape index (κ3) is 4.95. The highest BCUT2D eigenvalue weighted by Crippen LogP contribution is 2.31. The van der Waals surface area contributed by atoms with E-state index < -0.39 is 11.9 Å². The van der Waals surface area contributed by atoms with Crippen molar-refractivity contribution in [1.82, 2.24) is 5.32 Å². The molecule has 2 amide bonds. The van der Waals surface area contributed by atoms with Crippen molar-refractivity contribution in [2.75, 3.05) is 18.1 Å². The predicted molar refractivity (Wildman–Crippen MR) is 111 cm³/mol. The third-order valence-electron chi connectivity index (χ3n) is 5.01. The number of hydrogen-bond acceptors (Lipinski definition) is 4. The van der Waals surface area contributed by atoms with Gasteiger partial charge in [-0.15, -0.1) is 0 Å². The molecule has 0 spiro atoms. The Balaban J connectivity index is 1.53. The quantitative estimate of drug-likeness (QED) is 0.735. The zero-order chi connectivity index (χ0) is 21.0. The van der Waals surface area contributed by atoms with E-state index in [1.54, 1.807) is 23.1 Å². The molecule has 1 aliphatic rings. The van der Waals surface area contributed by atoms with Crippen LogP contribution in [0, 0.1) is 12.8 Å². The number of carbonyl (C=O) groups excluding carboxylic acids is 3. The molecule has 0 saturated carbocycles. The highest BCUT2D eigenvalue weighted by molar-refractivity contribution is 6.31. The van der Waals surface area contributed by atoms with E-state index >= 15 is 0 Å². The third-order valence-corrected chi connectivity index (χ3v) is 5.42. The summed E-state index contributed by atoms with van der Waals surface area (Å²) in [6.45, 7) is 3.52. The molecule has 0 aromatic heterocycles. The lowest BCUT2D eigenvalue weighted by atomic mass is 10.1. The van der Waals surface area contributed by atoms with E-state index in [0.29, 0.717) is 10.7 Å². The molecule has 6 nitrogen and oxygen atoms in total. The smallest absolute Gasteiger partial charge is 0.311 e. The normalized spacial score (nSPS) is 17.1. The van der Waals surface area contributed by atoms with Crippen molar-refractivity contribution >= 4 is 35.1 Å². The highest BCUT2D eigenvalue weighted by atomic mass is 35.5. The molecule has 2 atom stereocenters. The summed E-state index contributed by atoms with van der Waals surface area (Å²) < 4.78 is 5.16. The van der Waals surface area contributed by atoms with E-state index in [1.807, 2.05) is 44.2 Å². The maximum Gasteiger partial charge on any atom is 0.311 e. The molecule has 1 fully saturated rings. The maximum absolute atomic E-state index is 12.4. The molecule has 3 rings (SSSR count). The van der Waals surface area contributed by atoms with Gasteiger partial charge in [-0.05, 0) is 37.1 Å². The lowest BCUT2D eigenvalue weighted by Gasteiger charge is -2.19. The van der Waals surface area contributed by atoms with Gasteiger partial charge in [0.25, 0.3) is 5.91 Å². The molecular weight excluding hydrogens is 392 g/mol. The predicted octanol–water partition coefficient (Wildman–Crippen LogP) is 3.42. The minimum absolute atomic E-state index is 0.0484. The first-order valence-corrected chi connectivity index (χ1v) is 9.81. The average molecular weight is 415 g/mol. The summed E-state index contributed by atoms with van der Waals surface area (Å²) in [5.74, 6) is -1.72. The van der Waals surface area contributed by atoms with Crippen molar-refractivity contribution in [3.05, 3.63) is 64.7 Å². The lowest BCUT2D eigenvalue weighted by Crippen LogP contribution is -2.33. The fourth-order valence-corrected chi connectivity index (χ4v) is 3.52. The monoisotopic (exact) mass is 414 g/mol. The Hall–Kier alpha value is -2.86.